The van der Waals surface area contributed by atoms with Gasteiger partial charge in [-0.05, 0) is 24.6 Å². The molecule has 0 bridgehead atoms. The van der Waals surface area contributed by atoms with Gasteiger partial charge in [0.1, 0.15) is 11.6 Å². The molecule has 72 valence electrons. The number of nitrogens with two attached hydrogens (primary N) is 1. The minimum atomic E-state index is -1.28. The van der Waals surface area contributed by atoms with E-state index in [4.69, 9.17) is 5.73 Å². The molecule has 0 fully saturated rings. The van der Waals surface area contributed by atoms with Gasteiger partial charge in [-0.1, -0.05) is 0 Å². The van der Waals surface area contributed by atoms with Crippen LogP contribution in [0, 0.1) is 18.6 Å². The molecule has 0 aliphatic rings. The first-order valence-corrected chi connectivity index (χ1v) is 3.90. The molecule has 0 aromatic heterocycles. The third-order valence-corrected chi connectivity index (χ3v) is 1.78. The van der Waals surface area contributed by atoms with Gasteiger partial charge in [0.25, 0.3) is 0 Å². The van der Waals surface area contributed by atoms with Gasteiger partial charge in [-0.15, -0.1) is 0 Å². The van der Waals surface area contributed by atoms with Crippen LogP contribution in [0.5, 0.6) is 0 Å². The summed E-state index contributed by atoms with van der Waals surface area (Å²) in [6.45, 7) is 1.38. The third-order valence-electron chi connectivity index (χ3n) is 1.78. The lowest BCUT2D eigenvalue weighted by atomic mass is 10.1. The largest absolute Gasteiger partial charge is 0.387 e. The highest BCUT2D eigenvalue weighted by Gasteiger charge is 2.16. The Kier molecular flexibility index (Phi) is 2.95. The fourth-order valence-corrected chi connectivity index (χ4v) is 1.15. The number of hydrogen-bond donors (Lipinski definition) is 2. The van der Waals surface area contributed by atoms with Gasteiger partial charge in [-0.3, -0.25) is 0 Å². The van der Waals surface area contributed by atoms with E-state index in [9.17, 15) is 13.9 Å². The molecule has 0 radical (unpaired) electrons. The van der Waals surface area contributed by atoms with Crippen LogP contribution < -0.4 is 5.73 Å². The fourth-order valence-electron chi connectivity index (χ4n) is 1.15. The number of benzene rings is 1. The number of aliphatic hydroxyl groups is 1. The van der Waals surface area contributed by atoms with Crippen LogP contribution in [0.1, 0.15) is 17.2 Å². The summed E-state index contributed by atoms with van der Waals surface area (Å²) in [5.41, 5.74) is 5.22. The Morgan fingerprint density at radius 3 is 2.23 bits per heavy atom. The van der Waals surface area contributed by atoms with Crippen molar-refractivity contribution in [3.63, 3.8) is 0 Å². The van der Waals surface area contributed by atoms with Crippen molar-refractivity contribution < 1.29 is 13.9 Å². The lowest BCUT2D eigenvalue weighted by molar-refractivity contribution is 0.176. The van der Waals surface area contributed by atoms with E-state index >= 15 is 0 Å². The van der Waals surface area contributed by atoms with Crippen LogP contribution in [0.4, 0.5) is 8.78 Å². The smallest absolute Gasteiger partial charge is 0.132 e. The van der Waals surface area contributed by atoms with Crippen LogP contribution in [0.25, 0.3) is 0 Å². The summed E-state index contributed by atoms with van der Waals surface area (Å²) in [6.07, 6.45) is -1.28. The van der Waals surface area contributed by atoms with E-state index < -0.39 is 17.7 Å². The van der Waals surface area contributed by atoms with Gasteiger partial charge >= 0.3 is 0 Å². The second-order valence-corrected chi connectivity index (χ2v) is 2.89. The van der Waals surface area contributed by atoms with Crippen molar-refractivity contribution in [2.75, 3.05) is 6.54 Å². The zero-order chi connectivity index (χ0) is 10.0. The Labute approximate surface area is 75.0 Å². The monoisotopic (exact) mass is 187 g/mol. The SMILES string of the molecule is Cc1cc(F)c(C(O)CN)c(F)c1. The highest BCUT2D eigenvalue weighted by molar-refractivity contribution is 5.27. The van der Waals surface area contributed by atoms with Gasteiger partial charge in [0.15, 0.2) is 0 Å². The summed E-state index contributed by atoms with van der Waals surface area (Å²) >= 11 is 0. The average molecular weight is 187 g/mol. The summed E-state index contributed by atoms with van der Waals surface area (Å²) in [4.78, 5) is 0. The first-order chi connectivity index (χ1) is 6.06. The van der Waals surface area contributed by atoms with Crippen molar-refractivity contribution in [2.45, 2.75) is 13.0 Å². The molecule has 1 aromatic carbocycles. The summed E-state index contributed by atoms with van der Waals surface area (Å²) in [7, 11) is 0. The quantitative estimate of drug-likeness (QED) is 0.732. The Bertz CT molecular complexity index is 291. The van der Waals surface area contributed by atoms with Crippen molar-refractivity contribution in [3.8, 4) is 0 Å². The number of rotatable bonds is 2. The molecule has 3 N–H and O–H groups in total. The van der Waals surface area contributed by atoms with Crippen LogP contribution in [0.2, 0.25) is 0 Å². The zero-order valence-corrected chi connectivity index (χ0v) is 7.22. The van der Waals surface area contributed by atoms with E-state index in [2.05, 4.69) is 0 Å². The first-order valence-electron chi connectivity index (χ1n) is 3.90. The molecule has 0 saturated heterocycles. The van der Waals surface area contributed by atoms with Crippen LogP contribution in [0.3, 0.4) is 0 Å². The summed E-state index contributed by atoms with van der Waals surface area (Å²) in [5, 5.41) is 9.18. The maximum Gasteiger partial charge on any atom is 0.132 e. The van der Waals surface area contributed by atoms with E-state index in [1.807, 2.05) is 0 Å². The molecule has 1 unspecified atom stereocenters. The summed E-state index contributed by atoms with van der Waals surface area (Å²) in [6, 6.07) is 2.33. The minimum absolute atomic E-state index is 0.198. The highest BCUT2D eigenvalue weighted by Crippen LogP contribution is 2.21. The minimum Gasteiger partial charge on any atom is -0.387 e. The number of aliphatic hydroxyl groups excluding tert-OH is 1. The Morgan fingerprint density at radius 2 is 1.85 bits per heavy atom. The predicted octanol–water partition coefficient (Wildman–Crippen LogP) is 1.27. The third kappa shape index (κ3) is 2.02. The second kappa shape index (κ2) is 3.81. The summed E-state index contributed by atoms with van der Waals surface area (Å²) in [5.74, 6) is -1.51. The molecular weight excluding hydrogens is 176 g/mol. The number of halogens is 2. The van der Waals surface area contributed by atoms with Gasteiger partial charge in [0, 0.05) is 6.54 Å². The van der Waals surface area contributed by atoms with Gasteiger partial charge in [-0.2, -0.15) is 0 Å². The van der Waals surface area contributed by atoms with Gasteiger partial charge in [0.05, 0.1) is 11.7 Å². The van der Waals surface area contributed by atoms with Crippen LogP contribution in [-0.2, 0) is 0 Å². The number of hydrogen-bond acceptors (Lipinski definition) is 2. The molecule has 0 aliphatic carbocycles. The van der Waals surface area contributed by atoms with Gasteiger partial charge in [-0.25, -0.2) is 8.78 Å². The summed E-state index contributed by atoms with van der Waals surface area (Å²) < 4.78 is 26.2. The van der Waals surface area contributed by atoms with Crippen molar-refractivity contribution in [1.29, 1.82) is 0 Å². The van der Waals surface area contributed by atoms with E-state index in [1.54, 1.807) is 6.92 Å². The zero-order valence-electron chi connectivity index (χ0n) is 7.22. The van der Waals surface area contributed by atoms with Gasteiger partial charge in [0.2, 0.25) is 0 Å². The normalized spacial score (nSPS) is 13.0. The van der Waals surface area contributed by atoms with Crippen molar-refractivity contribution in [2.24, 2.45) is 5.73 Å². The van der Waals surface area contributed by atoms with E-state index in [1.165, 1.54) is 0 Å². The first kappa shape index (κ1) is 10.1. The lowest BCUT2D eigenvalue weighted by Gasteiger charge is -2.10. The topological polar surface area (TPSA) is 46.2 Å². The van der Waals surface area contributed by atoms with Crippen molar-refractivity contribution >= 4 is 0 Å². The molecule has 0 aliphatic heterocycles. The Balaban J connectivity index is 3.20. The lowest BCUT2D eigenvalue weighted by Crippen LogP contribution is -2.15. The molecule has 0 spiro atoms. The Morgan fingerprint density at radius 1 is 1.38 bits per heavy atom. The maximum absolute atomic E-state index is 13.1. The van der Waals surface area contributed by atoms with Crippen LogP contribution >= 0.6 is 0 Å². The van der Waals surface area contributed by atoms with E-state index in [-0.39, 0.29) is 12.1 Å². The molecular formula is C9H11F2NO. The van der Waals surface area contributed by atoms with E-state index in [0.29, 0.717) is 5.56 Å². The predicted molar refractivity (Wildman–Crippen MR) is 45.1 cm³/mol. The molecule has 2 nitrogen and oxygen atoms in total. The van der Waals surface area contributed by atoms with Crippen LogP contribution in [0.15, 0.2) is 12.1 Å². The maximum atomic E-state index is 13.1. The molecule has 4 heteroatoms. The number of aryl methyl sites for hydroxylation is 1. The molecule has 0 heterocycles. The van der Waals surface area contributed by atoms with Crippen molar-refractivity contribution in [1.82, 2.24) is 0 Å². The molecule has 0 amide bonds. The second-order valence-electron chi connectivity index (χ2n) is 2.89. The van der Waals surface area contributed by atoms with E-state index in [0.717, 1.165) is 12.1 Å². The molecule has 1 atom stereocenters. The van der Waals surface area contributed by atoms with Gasteiger partial charge < -0.3 is 10.8 Å². The fraction of sp³-hybridized carbons (Fsp3) is 0.333. The average Bonchev–Trinajstić information content (AvgIpc) is 2.02. The van der Waals surface area contributed by atoms with Crippen molar-refractivity contribution in [3.05, 3.63) is 34.9 Å². The Hall–Kier alpha value is -1.00. The highest BCUT2D eigenvalue weighted by atomic mass is 19.1. The molecule has 13 heavy (non-hydrogen) atoms. The molecule has 1 rings (SSSR count). The molecule has 1 aromatic rings. The molecule has 0 saturated carbocycles. The van der Waals surface area contributed by atoms with Crippen LogP contribution in [-0.4, -0.2) is 11.7 Å². The standard InChI is InChI=1S/C9H11F2NO/c1-5-2-6(10)9(7(11)3-5)8(13)4-12/h2-3,8,13H,4,12H2,1H3.